The molecule has 1 unspecified atom stereocenters. The van der Waals surface area contributed by atoms with Crippen LogP contribution < -0.4 is 10.6 Å². The highest BCUT2D eigenvalue weighted by Crippen LogP contribution is 2.20. The normalized spacial score (nSPS) is 11.6. The van der Waals surface area contributed by atoms with Crippen LogP contribution in [-0.2, 0) is 4.79 Å². The number of nitrogens with one attached hydrogen (secondary N) is 2. The highest BCUT2D eigenvalue weighted by atomic mass is 16.1. The summed E-state index contributed by atoms with van der Waals surface area (Å²) in [5.74, 6) is 2.89. The monoisotopic (exact) mass is 244 g/mol. The average Bonchev–Trinajstić information content (AvgIpc) is 2.39. The van der Waals surface area contributed by atoms with Crippen LogP contribution in [0, 0.1) is 12.3 Å². The average molecular weight is 244 g/mol. The van der Waals surface area contributed by atoms with Gasteiger partial charge in [0.1, 0.15) is 0 Å². The summed E-state index contributed by atoms with van der Waals surface area (Å²) in [7, 11) is 0. The van der Waals surface area contributed by atoms with Crippen LogP contribution in [0.25, 0.3) is 0 Å². The first-order valence-corrected chi connectivity index (χ1v) is 6.21. The van der Waals surface area contributed by atoms with Crippen LogP contribution in [0.2, 0.25) is 0 Å². The Kier molecular flexibility index (Phi) is 5.96. The molecule has 0 fully saturated rings. The fourth-order valence-corrected chi connectivity index (χ4v) is 1.58. The van der Waals surface area contributed by atoms with Crippen LogP contribution >= 0.6 is 0 Å². The molecule has 3 heteroatoms. The van der Waals surface area contributed by atoms with E-state index in [2.05, 4.69) is 42.5 Å². The third-order valence-corrected chi connectivity index (χ3v) is 2.89. The van der Waals surface area contributed by atoms with Gasteiger partial charge in [0.2, 0.25) is 5.91 Å². The molecular weight excluding hydrogens is 224 g/mol. The van der Waals surface area contributed by atoms with Crippen molar-refractivity contribution in [2.45, 2.75) is 26.2 Å². The van der Waals surface area contributed by atoms with E-state index in [-0.39, 0.29) is 12.5 Å². The lowest BCUT2D eigenvalue weighted by Crippen LogP contribution is -2.28. The zero-order valence-corrected chi connectivity index (χ0v) is 11.0. The predicted octanol–water partition coefficient (Wildman–Crippen LogP) is 2.36. The van der Waals surface area contributed by atoms with Crippen molar-refractivity contribution in [2.24, 2.45) is 0 Å². The minimum Gasteiger partial charge on any atom is -0.325 e. The number of terminal acetylenes is 1. The van der Waals surface area contributed by atoms with Crippen LogP contribution in [0.1, 0.15) is 31.7 Å². The number of carbonyl (C=O) groups excluding carboxylic acids is 1. The summed E-state index contributed by atoms with van der Waals surface area (Å²) in [6.45, 7) is 4.99. The summed E-state index contributed by atoms with van der Waals surface area (Å²) in [6, 6.07) is 7.97. The summed E-state index contributed by atoms with van der Waals surface area (Å²) in [6.07, 6.45) is 6.19. The third-order valence-electron chi connectivity index (χ3n) is 2.89. The van der Waals surface area contributed by atoms with Gasteiger partial charge in [0.15, 0.2) is 0 Å². The van der Waals surface area contributed by atoms with Gasteiger partial charge >= 0.3 is 0 Å². The standard InChI is InChI=1S/C15H20N2O/c1-4-10-16-11-15(18)17-14-8-6-13(7-9-14)12(3)5-2/h1,6-9,12,16H,5,10-11H2,2-3H3,(H,17,18). The lowest BCUT2D eigenvalue weighted by atomic mass is 9.99. The van der Waals surface area contributed by atoms with Crippen molar-refractivity contribution in [1.29, 1.82) is 0 Å². The minimum atomic E-state index is -0.0819. The van der Waals surface area contributed by atoms with E-state index < -0.39 is 0 Å². The van der Waals surface area contributed by atoms with Crippen molar-refractivity contribution < 1.29 is 4.79 Å². The lowest BCUT2D eigenvalue weighted by molar-refractivity contribution is -0.115. The molecule has 1 amide bonds. The first kappa shape index (κ1) is 14.3. The predicted molar refractivity (Wildman–Crippen MR) is 75.5 cm³/mol. The summed E-state index contributed by atoms with van der Waals surface area (Å²) in [5, 5.41) is 5.66. The maximum atomic E-state index is 11.5. The van der Waals surface area contributed by atoms with E-state index in [9.17, 15) is 4.79 Å². The van der Waals surface area contributed by atoms with Gasteiger partial charge in [0.25, 0.3) is 0 Å². The Morgan fingerprint density at radius 1 is 1.39 bits per heavy atom. The Balaban J connectivity index is 2.48. The molecule has 0 saturated carbocycles. The van der Waals surface area contributed by atoms with E-state index in [0.29, 0.717) is 12.5 Å². The molecule has 0 radical (unpaired) electrons. The molecule has 18 heavy (non-hydrogen) atoms. The number of anilines is 1. The molecule has 1 aromatic rings. The molecule has 0 aliphatic heterocycles. The van der Waals surface area contributed by atoms with Gasteiger partial charge in [-0.15, -0.1) is 6.42 Å². The lowest BCUT2D eigenvalue weighted by Gasteiger charge is -2.10. The van der Waals surface area contributed by atoms with Gasteiger partial charge < -0.3 is 5.32 Å². The van der Waals surface area contributed by atoms with Crippen molar-refractivity contribution in [1.82, 2.24) is 5.32 Å². The van der Waals surface area contributed by atoms with Gasteiger partial charge in [0, 0.05) is 5.69 Å². The minimum absolute atomic E-state index is 0.0819. The Hall–Kier alpha value is -1.79. The molecule has 0 spiro atoms. The molecule has 1 aromatic carbocycles. The summed E-state index contributed by atoms with van der Waals surface area (Å²) < 4.78 is 0. The van der Waals surface area contributed by atoms with Crippen LogP contribution in [-0.4, -0.2) is 19.0 Å². The molecule has 0 aliphatic carbocycles. The van der Waals surface area contributed by atoms with Crippen LogP contribution in [0.4, 0.5) is 5.69 Å². The zero-order valence-electron chi connectivity index (χ0n) is 11.0. The van der Waals surface area contributed by atoms with E-state index in [1.807, 2.05) is 12.1 Å². The summed E-state index contributed by atoms with van der Waals surface area (Å²) in [4.78, 5) is 11.5. The zero-order chi connectivity index (χ0) is 13.4. The fourth-order valence-electron chi connectivity index (χ4n) is 1.58. The quantitative estimate of drug-likeness (QED) is 0.596. The molecule has 2 N–H and O–H groups in total. The molecule has 0 aliphatic rings. The van der Waals surface area contributed by atoms with Crippen molar-refractivity contribution in [2.75, 3.05) is 18.4 Å². The van der Waals surface area contributed by atoms with E-state index in [0.717, 1.165) is 12.1 Å². The molecule has 1 rings (SSSR count). The number of hydrogen-bond acceptors (Lipinski definition) is 2. The summed E-state index contributed by atoms with van der Waals surface area (Å²) in [5.41, 5.74) is 2.11. The van der Waals surface area contributed by atoms with Crippen LogP contribution in [0.15, 0.2) is 24.3 Å². The van der Waals surface area contributed by atoms with Crippen molar-refractivity contribution in [3.63, 3.8) is 0 Å². The second kappa shape index (κ2) is 7.52. The molecular formula is C15H20N2O. The maximum Gasteiger partial charge on any atom is 0.238 e. The van der Waals surface area contributed by atoms with E-state index in [4.69, 9.17) is 6.42 Å². The van der Waals surface area contributed by atoms with Crippen LogP contribution in [0.3, 0.4) is 0 Å². The molecule has 96 valence electrons. The second-order valence-corrected chi connectivity index (χ2v) is 4.29. The largest absolute Gasteiger partial charge is 0.325 e. The Morgan fingerprint density at radius 3 is 2.61 bits per heavy atom. The third kappa shape index (κ3) is 4.60. The van der Waals surface area contributed by atoms with Gasteiger partial charge in [-0.05, 0) is 30.0 Å². The number of rotatable bonds is 6. The summed E-state index contributed by atoms with van der Waals surface area (Å²) >= 11 is 0. The Bertz CT molecular complexity index is 417. The first-order valence-electron chi connectivity index (χ1n) is 6.21. The number of carbonyl (C=O) groups is 1. The van der Waals surface area contributed by atoms with E-state index in [1.54, 1.807) is 0 Å². The second-order valence-electron chi connectivity index (χ2n) is 4.29. The Labute approximate surface area is 109 Å². The molecule has 0 aromatic heterocycles. The topological polar surface area (TPSA) is 41.1 Å². The molecule has 0 heterocycles. The van der Waals surface area contributed by atoms with Gasteiger partial charge in [0.05, 0.1) is 13.1 Å². The van der Waals surface area contributed by atoms with Gasteiger partial charge in [-0.2, -0.15) is 0 Å². The molecule has 3 nitrogen and oxygen atoms in total. The fraction of sp³-hybridized carbons (Fsp3) is 0.400. The van der Waals surface area contributed by atoms with Gasteiger partial charge in [-0.1, -0.05) is 31.9 Å². The number of hydrogen-bond donors (Lipinski definition) is 2. The SMILES string of the molecule is C#CCNCC(=O)Nc1ccc(C(C)CC)cc1. The van der Waals surface area contributed by atoms with Gasteiger partial charge in [-0.25, -0.2) is 0 Å². The number of amides is 1. The first-order chi connectivity index (χ1) is 8.67. The van der Waals surface area contributed by atoms with Crippen LogP contribution in [0.5, 0.6) is 0 Å². The van der Waals surface area contributed by atoms with E-state index >= 15 is 0 Å². The smallest absolute Gasteiger partial charge is 0.238 e. The van der Waals surface area contributed by atoms with E-state index in [1.165, 1.54) is 5.56 Å². The Morgan fingerprint density at radius 2 is 2.06 bits per heavy atom. The molecule has 0 bridgehead atoms. The highest BCUT2D eigenvalue weighted by molar-refractivity contribution is 5.92. The van der Waals surface area contributed by atoms with Crippen molar-refractivity contribution in [3.8, 4) is 12.3 Å². The molecule has 0 saturated heterocycles. The number of benzene rings is 1. The molecule has 1 atom stereocenters. The van der Waals surface area contributed by atoms with Crippen molar-refractivity contribution >= 4 is 11.6 Å². The maximum absolute atomic E-state index is 11.5. The van der Waals surface area contributed by atoms with Crippen molar-refractivity contribution in [3.05, 3.63) is 29.8 Å². The van der Waals surface area contributed by atoms with Gasteiger partial charge in [-0.3, -0.25) is 10.1 Å². The highest BCUT2D eigenvalue weighted by Gasteiger charge is 2.04.